The minimum atomic E-state index is -0.0897. The number of carbonyl (C=O) groups is 1. The van der Waals surface area contributed by atoms with E-state index in [0.717, 1.165) is 37.4 Å². The highest BCUT2D eigenvalue weighted by Crippen LogP contribution is 2.21. The molecular weight excluding hydrogens is 312 g/mol. The maximum absolute atomic E-state index is 12.2. The lowest BCUT2D eigenvalue weighted by Crippen LogP contribution is -2.36. The number of hydrogen-bond donors (Lipinski definition) is 1. The summed E-state index contributed by atoms with van der Waals surface area (Å²) in [4.78, 5) is 14.5. The second-order valence-electron chi connectivity index (χ2n) is 6.17. The van der Waals surface area contributed by atoms with E-state index in [-0.39, 0.29) is 11.9 Å². The van der Waals surface area contributed by atoms with E-state index in [1.807, 2.05) is 49.4 Å². The Kier molecular flexibility index (Phi) is 5.86. The van der Waals surface area contributed by atoms with Crippen molar-refractivity contribution in [3.63, 3.8) is 0 Å². The number of morpholine rings is 1. The van der Waals surface area contributed by atoms with Gasteiger partial charge in [-0.3, -0.25) is 4.79 Å². The molecular formula is C21H24N2O2. The molecule has 0 saturated carbocycles. The van der Waals surface area contributed by atoms with Gasteiger partial charge in [-0.05, 0) is 36.3 Å². The van der Waals surface area contributed by atoms with Gasteiger partial charge in [-0.1, -0.05) is 42.5 Å². The Morgan fingerprint density at radius 3 is 2.64 bits per heavy atom. The smallest absolute Gasteiger partial charge is 0.244 e. The summed E-state index contributed by atoms with van der Waals surface area (Å²) in [5, 5.41) is 3.03. The summed E-state index contributed by atoms with van der Waals surface area (Å²) < 4.78 is 5.41. The third-order valence-corrected chi connectivity index (χ3v) is 4.33. The molecule has 0 unspecified atom stereocenters. The topological polar surface area (TPSA) is 41.6 Å². The standard InChI is InChI=1S/C21H24N2O2/c1-17(22-21(24)11-10-18-6-3-2-4-7-18)19-8-5-9-20(16-19)23-12-14-25-15-13-23/h2-11,16-17H,12-15H2,1H3,(H,22,24)/b11-10+/t17-/m1/s1. The minimum Gasteiger partial charge on any atom is -0.378 e. The lowest BCUT2D eigenvalue weighted by Gasteiger charge is -2.29. The van der Waals surface area contributed by atoms with Gasteiger partial charge in [-0.2, -0.15) is 0 Å². The average molecular weight is 336 g/mol. The summed E-state index contributed by atoms with van der Waals surface area (Å²) in [6, 6.07) is 18.1. The van der Waals surface area contributed by atoms with E-state index in [1.54, 1.807) is 6.08 Å². The average Bonchev–Trinajstić information content (AvgIpc) is 2.68. The number of hydrogen-bond acceptors (Lipinski definition) is 3. The first-order valence-electron chi connectivity index (χ1n) is 8.68. The highest BCUT2D eigenvalue weighted by Gasteiger charge is 2.13. The van der Waals surface area contributed by atoms with Crippen molar-refractivity contribution >= 4 is 17.7 Å². The first-order valence-corrected chi connectivity index (χ1v) is 8.68. The van der Waals surface area contributed by atoms with Crippen LogP contribution in [0.4, 0.5) is 5.69 Å². The number of nitrogens with zero attached hydrogens (tertiary/aromatic N) is 1. The van der Waals surface area contributed by atoms with Gasteiger partial charge in [0.1, 0.15) is 0 Å². The molecule has 2 aromatic carbocycles. The molecule has 2 aromatic rings. The number of benzene rings is 2. The van der Waals surface area contributed by atoms with Crippen LogP contribution in [0.2, 0.25) is 0 Å². The van der Waals surface area contributed by atoms with Crippen molar-refractivity contribution < 1.29 is 9.53 Å². The second kappa shape index (κ2) is 8.49. The molecule has 130 valence electrons. The predicted molar refractivity (Wildman–Crippen MR) is 102 cm³/mol. The zero-order valence-electron chi connectivity index (χ0n) is 14.5. The Bertz CT molecular complexity index is 722. The zero-order valence-corrected chi connectivity index (χ0v) is 14.5. The lowest BCUT2D eigenvalue weighted by molar-refractivity contribution is -0.117. The number of rotatable bonds is 5. The van der Waals surface area contributed by atoms with Crippen molar-refractivity contribution in [3.05, 3.63) is 71.8 Å². The molecule has 1 heterocycles. The Hall–Kier alpha value is -2.59. The van der Waals surface area contributed by atoms with Crippen LogP contribution in [0.3, 0.4) is 0 Å². The van der Waals surface area contributed by atoms with Crippen LogP contribution >= 0.6 is 0 Å². The van der Waals surface area contributed by atoms with E-state index < -0.39 is 0 Å². The molecule has 0 spiro atoms. The largest absolute Gasteiger partial charge is 0.378 e. The van der Waals surface area contributed by atoms with Gasteiger partial charge in [0.15, 0.2) is 0 Å². The van der Waals surface area contributed by atoms with Crippen LogP contribution in [-0.4, -0.2) is 32.2 Å². The van der Waals surface area contributed by atoms with E-state index in [9.17, 15) is 4.79 Å². The van der Waals surface area contributed by atoms with Gasteiger partial charge >= 0.3 is 0 Å². The van der Waals surface area contributed by atoms with Gasteiger partial charge in [0.25, 0.3) is 0 Å². The Balaban J connectivity index is 1.61. The van der Waals surface area contributed by atoms with Gasteiger partial charge in [0, 0.05) is 24.9 Å². The molecule has 4 heteroatoms. The lowest BCUT2D eigenvalue weighted by atomic mass is 10.1. The van der Waals surface area contributed by atoms with Gasteiger partial charge in [-0.15, -0.1) is 0 Å². The van der Waals surface area contributed by atoms with Crippen molar-refractivity contribution in [1.29, 1.82) is 0 Å². The number of carbonyl (C=O) groups excluding carboxylic acids is 1. The van der Waals surface area contributed by atoms with Crippen LogP contribution in [0.15, 0.2) is 60.7 Å². The molecule has 1 aliphatic rings. The van der Waals surface area contributed by atoms with E-state index in [1.165, 1.54) is 5.69 Å². The highest BCUT2D eigenvalue weighted by atomic mass is 16.5. The SMILES string of the molecule is C[C@@H](NC(=O)/C=C/c1ccccc1)c1cccc(N2CCOCC2)c1. The molecule has 3 rings (SSSR count). The van der Waals surface area contributed by atoms with E-state index in [0.29, 0.717) is 0 Å². The molecule has 4 nitrogen and oxygen atoms in total. The third-order valence-electron chi connectivity index (χ3n) is 4.33. The van der Waals surface area contributed by atoms with Crippen molar-refractivity contribution in [3.8, 4) is 0 Å². The molecule has 1 atom stereocenters. The first kappa shape index (κ1) is 17.2. The van der Waals surface area contributed by atoms with Gasteiger partial charge < -0.3 is 15.0 Å². The number of amides is 1. The molecule has 1 fully saturated rings. The van der Waals surface area contributed by atoms with Crippen LogP contribution in [0.25, 0.3) is 6.08 Å². The third kappa shape index (κ3) is 4.94. The molecule has 0 bridgehead atoms. The maximum Gasteiger partial charge on any atom is 0.244 e. The molecule has 0 radical (unpaired) electrons. The summed E-state index contributed by atoms with van der Waals surface area (Å²) in [5.74, 6) is -0.0897. The van der Waals surface area contributed by atoms with Gasteiger partial charge in [0.05, 0.1) is 19.3 Å². The van der Waals surface area contributed by atoms with Crippen molar-refractivity contribution in [1.82, 2.24) is 5.32 Å². The van der Waals surface area contributed by atoms with E-state index >= 15 is 0 Å². The Labute approximate surface area is 149 Å². The number of anilines is 1. The molecule has 0 aliphatic carbocycles. The van der Waals surface area contributed by atoms with Crippen LogP contribution in [0.5, 0.6) is 0 Å². The Morgan fingerprint density at radius 2 is 1.88 bits per heavy atom. The number of ether oxygens (including phenoxy) is 1. The minimum absolute atomic E-state index is 0.0473. The summed E-state index contributed by atoms with van der Waals surface area (Å²) in [7, 11) is 0. The normalized spacial score (nSPS) is 16.0. The van der Waals surface area contributed by atoms with Crippen LogP contribution in [0, 0.1) is 0 Å². The fraction of sp³-hybridized carbons (Fsp3) is 0.286. The van der Waals surface area contributed by atoms with Crippen molar-refractivity contribution in [2.75, 3.05) is 31.2 Å². The fourth-order valence-electron chi connectivity index (χ4n) is 2.89. The fourth-order valence-corrected chi connectivity index (χ4v) is 2.89. The van der Waals surface area contributed by atoms with Gasteiger partial charge in [0.2, 0.25) is 5.91 Å². The van der Waals surface area contributed by atoms with E-state index in [2.05, 4.69) is 28.4 Å². The Morgan fingerprint density at radius 1 is 1.12 bits per heavy atom. The highest BCUT2D eigenvalue weighted by molar-refractivity contribution is 5.91. The van der Waals surface area contributed by atoms with E-state index in [4.69, 9.17) is 4.74 Å². The monoisotopic (exact) mass is 336 g/mol. The molecule has 1 amide bonds. The predicted octanol–water partition coefficient (Wildman–Crippen LogP) is 3.41. The maximum atomic E-state index is 12.2. The van der Waals surface area contributed by atoms with Gasteiger partial charge in [-0.25, -0.2) is 0 Å². The summed E-state index contributed by atoms with van der Waals surface area (Å²) in [6.07, 6.45) is 3.41. The first-order chi connectivity index (χ1) is 12.2. The second-order valence-corrected chi connectivity index (χ2v) is 6.17. The number of nitrogens with one attached hydrogen (secondary N) is 1. The molecule has 0 aromatic heterocycles. The van der Waals surface area contributed by atoms with Crippen molar-refractivity contribution in [2.45, 2.75) is 13.0 Å². The van der Waals surface area contributed by atoms with Crippen molar-refractivity contribution in [2.24, 2.45) is 0 Å². The summed E-state index contributed by atoms with van der Waals surface area (Å²) in [6.45, 7) is 5.35. The zero-order chi connectivity index (χ0) is 17.5. The summed E-state index contributed by atoms with van der Waals surface area (Å²) in [5.41, 5.74) is 3.30. The van der Waals surface area contributed by atoms with Crippen LogP contribution in [-0.2, 0) is 9.53 Å². The molecule has 1 aliphatic heterocycles. The molecule has 25 heavy (non-hydrogen) atoms. The molecule has 1 N–H and O–H groups in total. The van der Waals surface area contributed by atoms with Crippen LogP contribution < -0.4 is 10.2 Å². The quantitative estimate of drug-likeness (QED) is 0.851. The van der Waals surface area contributed by atoms with Crippen LogP contribution in [0.1, 0.15) is 24.1 Å². The molecule has 1 saturated heterocycles. The summed E-state index contributed by atoms with van der Waals surface area (Å²) >= 11 is 0.